The lowest BCUT2D eigenvalue weighted by Crippen LogP contribution is -2.38. The lowest BCUT2D eigenvalue weighted by atomic mass is 9.96. The molecule has 144 valence electrons. The molecule has 0 aromatic heterocycles. The Bertz CT molecular complexity index is 687. The fraction of sp³-hybridized carbons (Fsp3) is 0.474. The number of carbonyl (C=O) groups is 2. The predicted octanol–water partition coefficient (Wildman–Crippen LogP) is 3.07. The van der Waals surface area contributed by atoms with Crippen molar-refractivity contribution in [2.45, 2.75) is 49.2 Å². The van der Waals surface area contributed by atoms with Crippen molar-refractivity contribution in [3.05, 3.63) is 43.0 Å². The molecule has 1 aromatic carbocycles. The standard InChI is InChI=1S/C19H26O6S/c1-4-19(14-12-17(20)24-5-2,15-13-18(21)25-6-3)26(22,23)16-10-8-7-9-11-16/h4,7-11H,1,5-6,12-15H2,2-3H3. The first-order chi connectivity index (χ1) is 12.3. The summed E-state index contributed by atoms with van der Waals surface area (Å²) in [6.07, 6.45) is 1.09. The van der Waals surface area contributed by atoms with Gasteiger partial charge in [-0.15, -0.1) is 6.58 Å². The summed E-state index contributed by atoms with van der Waals surface area (Å²) < 4.78 is 34.8. The van der Waals surface area contributed by atoms with Crippen molar-refractivity contribution in [1.82, 2.24) is 0 Å². The van der Waals surface area contributed by atoms with Gasteiger partial charge in [0.25, 0.3) is 0 Å². The summed E-state index contributed by atoms with van der Waals surface area (Å²) in [7, 11) is -3.87. The topological polar surface area (TPSA) is 86.7 Å². The smallest absolute Gasteiger partial charge is 0.305 e. The van der Waals surface area contributed by atoms with Crippen molar-refractivity contribution in [3.8, 4) is 0 Å². The molecule has 1 rings (SSSR count). The predicted molar refractivity (Wildman–Crippen MR) is 98.3 cm³/mol. The maximum absolute atomic E-state index is 13.3. The van der Waals surface area contributed by atoms with E-state index in [0.717, 1.165) is 0 Å². The second-order valence-corrected chi connectivity index (χ2v) is 7.99. The molecule has 0 amide bonds. The van der Waals surface area contributed by atoms with E-state index in [9.17, 15) is 18.0 Å². The van der Waals surface area contributed by atoms with Crippen LogP contribution in [0.5, 0.6) is 0 Å². The molecule has 6 nitrogen and oxygen atoms in total. The van der Waals surface area contributed by atoms with Gasteiger partial charge in [-0.2, -0.15) is 0 Å². The molecular formula is C19H26O6S. The maximum atomic E-state index is 13.3. The largest absolute Gasteiger partial charge is 0.466 e. The molecule has 0 saturated heterocycles. The summed E-state index contributed by atoms with van der Waals surface area (Å²) in [4.78, 5) is 23.7. The summed E-state index contributed by atoms with van der Waals surface area (Å²) in [5.41, 5.74) is 0. The number of hydrogen-bond acceptors (Lipinski definition) is 6. The SMILES string of the molecule is C=CC(CCC(=O)OCC)(CCC(=O)OCC)S(=O)(=O)c1ccccc1. The normalized spacial score (nSPS) is 11.6. The molecule has 0 radical (unpaired) electrons. The molecule has 7 heteroatoms. The second kappa shape index (κ2) is 10.1. The molecule has 0 heterocycles. The van der Waals surface area contributed by atoms with Crippen LogP contribution in [0.2, 0.25) is 0 Å². The van der Waals surface area contributed by atoms with Gasteiger partial charge in [0, 0.05) is 12.8 Å². The van der Waals surface area contributed by atoms with Crippen LogP contribution in [0.4, 0.5) is 0 Å². The molecule has 0 fully saturated rings. The molecule has 26 heavy (non-hydrogen) atoms. The van der Waals surface area contributed by atoms with Gasteiger partial charge in [-0.3, -0.25) is 9.59 Å². The fourth-order valence-corrected chi connectivity index (χ4v) is 4.58. The van der Waals surface area contributed by atoms with Gasteiger partial charge in [0.05, 0.1) is 22.9 Å². The maximum Gasteiger partial charge on any atom is 0.305 e. The first-order valence-electron chi connectivity index (χ1n) is 8.57. The quantitative estimate of drug-likeness (QED) is 0.432. The first-order valence-corrected chi connectivity index (χ1v) is 10.1. The lowest BCUT2D eigenvalue weighted by molar-refractivity contribution is -0.143. The number of ether oxygens (including phenoxy) is 2. The van der Waals surface area contributed by atoms with Gasteiger partial charge in [-0.1, -0.05) is 24.3 Å². The number of hydrogen-bond donors (Lipinski definition) is 0. The minimum atomic E-state index is -3.87. The van der Waals surface area contributed by atoms with Crippen LogP contribution in [0.1, 0.15) is 39.5 Å². The first kappa shape index (κ1) is 21.9. The zero-order chi connectivity index (χ0) is 19.6. The molecule has 0 spiro atoms. The number of sulfone groups is 1. The lowest BCUT2D eigenvalue weighted by Gasteiger charge is -2.30. The van der Waals surface area contributed by atoms with Crippen molar-refractivity contribution in [2.75, 3.05) is 13.2 Å². The van der Waals surface area contributed by atoms with E-state index < -0.39 is 26.5 Å². The van der Waals surface area contributed by atoms with E-state index in [2.05, 4.69) is 6.58 Å². The number of benzene rings is 1. The van der Waals surface area contributed by atoms with Gasteiger partial charge in [-0.25, -0.2) is 8.42 Å². The zero-order valence-electron chi connectivity index (χ0n) is 15.3. The van der Waals surface area contributed by atoms with E-state index in [1.54, 1.807) is 32.0 Å². The van der Waals surface area contributed by atoms with Crippen LogP contribution >= 0.6 is 0 Å². The highest BCUT2D eigenvalue weighted by Gasteiger charge is 2.42. The van der Waals surface area contributed by atoms with E-state index in [-0.39, 0.29) is 43.8 Å². The number of carbonyl (C=O) groups excluding carboxylic acids is 2. The third kappa shape index (κ3) is 5.42. The van der Waals surface area contributed by atoms with E-state index in [0.29, 0.717) is 0 Å². The number of esters is 2. The van der Waals surface area contributed by atoms with Crippen LogP contribution in [0, 0.1) is 0 Å². The highest BCUT2D eigenvalue weighted by Crippen LogP contribution is 2.36. The Morgan fingerprint density at radius 3 is 1.85 bits per heavy atom. The molecule has 0 unspecified atom stereocenters. The Kier molecular flexibility index (Phi) is 8.51. The summed E-state index contributed by atoms with van der Waals surface area (Å²) in [5.74, 6) is -0.976. The van der Waals surface area contributed by atoms with Crippen molar-refractivity contribution in [3.63, 3.8) is 0 Å². The van der Waals surface area contributed by atoms with Crippen LogP contribution in [0.25, 0.3) is 0 Å². The van der Waals surface area contributed by atoms with Crippen LogP contribution in [0.3, 0.4) is 0 Å². The van der Waals surface area contributed by atoms with E-state index in [1.165, 1.54) is 18.2 Å². The average molecular weight is 382 g/mol. The third-order valence-corrected chi connectivity index (χ3v) is 6.61. The Labute approximate surface area is 155 Å². The molecule has 0 saturated carbocycles. The molecular weight excluding hydrogens is 356 g/mol. The van der Waals surface area contributed by atoms with Gasteiger partial charge in [0.2, 0.25) is 0 Å². The van der Waals surface area contributed by atoms with Crippen LogP contribution < -0.4 is 0 Å². The van der Waals surface area contributed by atoms with Crippen molar-refractivity contribution < 1.29 is 27.5 Å². The monoisotopic (exact) mass is 382 g/mol. The average Bonchev–Trinajstić information content (AvgIpc) is 2.63. The van der Waals surface area contributed by atoms with Crippen LogP contribution in [0.15, 0.2) is 47.9 Å². The van der Waals surface area contributed by atoms with Crippen molar-refractivity contribution in [1.29, 1.82) is 0 Å². The summed E-state index contributed by atoms with van der Waals surface area (Å²) >= 11 is 0. The highest BCUT2D eigenvalue weighted by molar-refractivity contribution is 7.93. The van der Waals surface area contributed by atoms with Crippen molar-refractivity contribution in [2.24, 2.45) is 0 Å². The second-order valence-electron chi connectivity index (χ2n) is 5.70. The summed E-state index contributed by atoms with van der Waals surface area (Å²) in [6, 6.07) is 7.94. The molecule has 0 aliphatic carbocycles. The summed E-state index contributed by atoms with van der Waals surface area (Å²) in [5, 5.41) is 0. The minimum Gasteiger partial charge on any atom is -0.466 e. The van der Waals surface area contributed by atoms with E-state index >= 15 is 0 Å². The molecule has 1 aromatic rings. The molecule has 0 N–H and O–H groups in total. The molecule has 0 aliphatic heterocycles. The van der Waals surface area contributed by atoms with Gasteiger partial charge in [0.1, 0.15) is 0 Å². The Morgan fingerprint density at radius 2 is 1.46 bits per heavy atom. The van der Waals surface area contributed by atoms with Crippen molar-refractivity contribution >= 4 is 21.8 Å². The van der Waals surface area contributed by atoms with Gasteiger partial charge in [0.15, 0.2) is 9.84 Å². The molecule has 0 atom stereocenters. The molecule has 0 bridgehead atoms. The van der Waals surface area contributed by atoms with E-state index in [4.69, 9.17) is 9.47 Å². The third-order valence-electron chi connectivity index (χ3n) is 4.08. The Balaban J connectivity index is 3.19. The van der Waals surface area contributed by atoms with Gasteiger partial charge >= 0.3 is 11.9 Å². The number of rotatable bonds is 11. The molecule has 0 aliphatic rings. The van der Waals surface area contributed by atoms with Gasteiger partial charge in [-0.05, 0) is 38.8 Å². The highest BCUT2D eigenvalue weighted by atomic mass is 32.2. The Morgan fingerprint density at radius 1 is 1.00 bits per heavy atom. The zero-order valence-corrected chi connectivity index (χ0v) is 16.1. The Hall–Kier alpha value is -2.15. The van der Waals surface area contributed by atoms with Gasteiger partial charge < -0.3 is 9.47 Å². The van der Waals surface area contributed by atoms with Crippen LogP contribution in [-0.4, -0.2) is 38.3 Å². The minimum absolute atomic E-state index is 0.0219. The van der Waals surface area contributed by atoms with E-state index in [1.807, 2.05) is 0 Å². The summed E-state index contributed by atoms with van der Waals surface area (Å²) in [6.45, 7) is 7.48. The fourth-order valence-electron chi connectivity index (χ4n) is 2.64. The van der Waals surface area contributed by atoms with Crippen LogP contribution in [-0.2, 0) is 28.9 Å².